The SMILES string of the molecule is Fc1cccc(CCNCc2ncc[nH]2)c1. The van der Waals surface area contributed by atoms with Crippen LogP contribution in [0.2, 0.25) is 0 Å². The van der Waals surface area contributed by atoms with E-state index in [0.29, 0.717) is 6.54 Å². The summed E-state index contributed by atoms with van der Waals surface area (Å²) in [6.07, 6.45) is 4.34. The number of aromatic nitrogens is 2. The normalized spacial score (nSPS) is 10.6. The van der Waals surface area contributed by atoms with Crippen molar-refractivity contribution in [2.45, 2.75) is 13.0 Å². The Balaban J connectivity index is 1.72. The first kappa shape index (κ1) is 10.8. The first-order valence-electron chi connectivity index (χ1n) is 5.28. The molecule has 1 aromatic heterocycles. The minimum atomic E-state index is -0.177. The van der Waals surface area contributed by atoms with E-state index >= 15 is 0 Å². The molecule has 0 saturated heterocycles. The van der Waals surface area contributed by atoms with Gasteiger partial charge in [0.1, 0.15) is 11.6 Å². The Morgan fingerprint density at radius 1 is 1.38 bits per heavy atom. The average molecular weight is 219 g/mol. The standard InChI is InChI=1S/C12H14FN3/c13-11-3-1-2-10(8-11)4-5-14-9-12-15-6-7-16-12/h1-3,6-8,14H,4-5,9H2,(H,15,16). The van der Waals surface area contributed by atoms with Gasteiger partial charge in [-0.1, -0.05) is 12.1 Å². The molecule has 16 heavy (non-hydrogen) atoms. The number of benzene rings is 1. The van der Waals surface area contributed by atoms with E-state index in [2.05, 4.69) is 15.3 Å². The predicted molar refractivity (Wildman–Crippen MR) is 60.4 cm³/mol. The molecule has 0 amide bonds. The molecule has 0 unspecified atom stereocenters. The average Bonchev–Trinajstić information content (AvgIpc) is 2.77. The van der Waals surface area contributed by atoms with Gasteiger partial charge in [0.2, 0.25) is 0 Å². The molecule has 0 aliphatic heterocycles. The highest BCUT2D eigenvalue weighted by Crippen LogP contribution is 2.03. The molecule has 0 saturated carbocycles. The molecule has 0 bridgehead atoms. The Morgan fingerprint density at radius 2 is 2.31 bits per heavy atom. The molecule has 0 aliphatic rings. The summed E-state index contributed by atoms with van der Waals surface area (Å²) in [7, 11) is 0. The second kappa shape index (κ2) is 5.42. The molecule has 0 spiro atoms. The number of hydrogen-bond donors (Lipinski definition) is 2. The van der Waals surface area contributed by atoms with Crippen LogP contribution >= 0.6 is 0 Å². The molecule has 0 atom stereocenters. The first-order chi connectivity index (χ1) is 7.84. The lowest BCUT2D eigenvalue weighted by Gasteiger charge is -2.03. The molecule has 2 rings (SSSR count). The smallest absolute Gasteiger partial charge is 0.123 e. The molecule has 0 fully saturated rings. The van der Waals surface area contributed by atoms with Crippen LogP contribution in [0.3, 0.4) is 0 Å². The predicted octanol–water partition coefficient (Wildman–Crippen LogP) is 1.88. The summed E-state index contributed by atoms with van der Waals surface area (Å²) in [5.41, 5.74) is 1.01. The summed E-state index contributed by atoms with van der Waals surface area (Å²) in [5.74, 6) is 0.739. The molecular formula is C12H14FN3. The number of aromatic amines is 1. The summed E-state index contributed by atoms with van der Waals surface area (Å²) in [5, 5.41) is 3.24. The van der Waals surface area contributed by atoms with Gasteiger partial charge >= 0.3 is 0 Å². The third-order valence-corrected chi connectivity index (χ3v) is 2.33. The Bertz CT molecular complexity index is 426. The van der Waals surface area contributed by atoms with Gasteiger partial charge in [-0.2, -0.15) is 0 Å². The van der Waals surface area contributed by atoms with Gasteiger partial charge in [0, 0.05) is 12.4 Å². The Kier molecular flexibility index (Phi) is 3.66. The zero-order valence-electron chi connectivity index (χ0n) is 8.91. The highest BCUT2D eigenvalue weighted by Gasteiger charge is 1.96. The van der Waals surface area contributed by atoms with Gasteiger partial charge in [-0.05, 0) is 30.7 Å². The van der Waals surface area contributed by atoms with Crippen LogP contribution in [0.4, 0.5) is 4.39 Å². The van der Waals surface area contributed by atoms with Crippen molar-refractivity contribution < 1.29 is 4.39 Å². The van der Waals surface area contributed by atoms with Crippen LogP contribution < -0.4 is 5.32 Å². The minimum Gasteiger partial charge on any atom is -0.348 e. The van der Waals surface area contributed by atoms with E-state index < -0.39 is 0 Å². The highest BCUT2D eigenvalue weighted by atomic mass is 19.1. The van der Waals surface area contributed by atoms with Gasteiger partial charge in [0.15, 0.2) is 0 Å². The number of nitrogens with one attached hydrogen (secondary N) is 2. The van der Waals surface area contributed by atoms with Crippen LogP contribution in [-0.2, 0) is 13.0 Å². The minimum absolute atomic E-state index is 0.177. The van der Waals surface area contributed by atoms with Crippen LogP contribution in [0.25, 0.3) is 0 Å². The lowest BCUT2D eigenvalue weighted by molar-refractivity contribution is 0.621. The molecular weight excluding hydrogens is 205 g/mol. The van der Waals surface area contributed by atoms with E-state index in [1.54, 1.807) is 24.5 Å². The van der Waals surface area contributed by atoms with E-state index in [-0.39, 0.29) is 5.82 Å². The number of nitrogens with zero attached hydrogens (tertiary/aromatic N) is 1. The zero-order chi connectivity index (χ0) is 11.2. The van der Waals surface area contributed by atoms with E-state index in [4.69, 9.17) is 0 Å². The van der Waals surface area contributed by atoms with Crippen LogP contribution in [0.1, 0.15) is 11.4 Å². The highest BCUT2D eigenvalue weighted by molar-refractivity contribution is 5.16. The molecule has 2 aromatic rings. The van der Waals surface area contributed by atoms with Crippen molar-refractivity contribution in [2.75, 3.05) is 6.54 Å². The number of H-pyrrole nitrogens is 1. The van der Waals surface area contributed by atoms with Crippen LogP contribution in [0.5, 0.6) is 0 Å². The maximum atomic E-state index is 12.9. The molecule has 0 radical (unpaired) electrons. The van der Waals surface area contributed by atoms with Crippen molar-refractivity contribution in [3.05, 3.63) is 53.9 Å². The third-order valence-electron chi connectivity index (χ3n) is 2.33. The maximum absolute atomic E-state index is 12.9. The molecule has 2 N–H and O–H groups in total. The maximum Gasteiger partial charge on any atom is 0.123 e. The summed E-state index contributed by atoms with van der Waals surface area (Å²) < 4.78 is 12.9. The van der Waals surface area contributed by atoms with Crippen LogP contribution in [0, 0.1) is 5.82 Å². The van der Waals surface area contributed by atoms with Gasteiger partial charge in [-0.15, -0.1) is 0 Å². The van der Waals surface area contributed by atoms with Crippen molar-refractivity contribution >= 4 is 0 Å². The second-order valence-corrected chi connectivity index (χ2v) is 3.59. The van der Waals surface area contributed by atoms with Crippen molar-refractivity contribution in [1.29, 1.82) is 0 Å². The van der Waals surface area contributed by atoms with Crippen molar-refractivity contribution in [3.8, 4) is 0 Å². The van der Waals surface area contributed by atoms with Crippen molar-refractivity contribution in [2.24, 2.45) is 0 Å². The summed E-state index contributed by atoms with van der Waals surface area (Å²) >= 11 is 0. The molecule has 1 aromatic carbocycles. The topological polar surface area (TPSA) is 40.7 Å². The largest absolute Gasteiger partial charge is 0.348 e. The molecule has 1 heterocycles. The summed E-state index contributed by atoms with van der Waals surface area (Å²) in [6.45, 7) is 1.52. The fourth-order valence-electron chi connectivity index (χ4n) is 1.53. The fourth-order valence-corrected chi connectivity index (χ4v) is 1.53. The Morgan fingerprint density at radius 3 is 3.06 bits per heavy atom. The lowest BCUT2D eigenvalue weighted by atomic mass is 10.1. The first-order valence-corrected chi connectivity index (χ1v) is 5.28. The monoisotopic (exact) mass is 219 g/mol. The van der Waals surface area contributed by atoms with Gasteiger partial charge in [0.05, 0.1) is 6.54 Å². The number of hydrogen-bond acceptors (Lipinski definition) is 2. The lowest BCUT2D eigenvalue weighted by Crippen LogP contribution is -2.17. The van der Waals surface area contributed by atoms with Crippen LogP contribution in [-0.4, -0.2) is 16.5 Å². The molecule has 3 nitrogen and oxygen atoms in total. The summed E-state index contributed by atoms with van der Waals surface area (Å²) in [6, 6.07) is 6.68. The second-order valence-electron chi connectivity index (χ2n) is 3.59. The van der Waals surface area contributed by atoms with E-state index in [1.165, 1.54) is 6.07 Å². The number of imidazole rings is 1. The van der Waals surface area contributed by atoms with E-state index in [0.717, 1.165) is 24.4 Å². The van der Waals surface area contributed by atoms with Crippen molar-refractivity contribution in [3.63, 3.8) is 0 Å². The molecule has 84 valence electrons. The number of halogens is 1. The van der Waals surface area contributed by atoms with E-state index in [9.17, 15) is 4.39 Å². The number of rotatable bonds is 5. The molecule has 0 aliphatic carbocycles. The van der Waals surface area contributed by atoms with Gasteiger partial charge in [-0.3, -0.25) is 0 Å². The van der Waals surface area contributed by atoms with Gasteiger partial charge in [0.25, 0.3) is 0 Å². The van der Waals surface area contributed by atoms with Gasteiger partial charge in [-0.25, -0.2) is 9.37 Å². The third kappa shape index (κ3) is 3.17. The quantitative estimate of drug-likeness (QED) is 0.754. The molecule has 4 heteroatoms. The van der Waals surface area contributed by atoms with Gasteiger partial charge < -0.3 is 10.3 Å². The Hall–Kier alpha value is -1.68. The van der Waals surface area contributed by atoms with E-state index in [1.807, 2.05) is 6.07 Å². The van der Waals surface area contributed by atoms with Crippen LogP contribution in [0.15, 0.2) is 36.7 Å². The Labute approximate surface area is 93.7 Å². The fraction of sp³-hybridized carbons (Fsp3) is 0.250. The zero-order valence-corrected chi connectivity index (χ0v) is 8.91. The summed E-state index contributed by atoms with van der Waals surface area (Å²) in [4.78, 5) is 7.11. The van der Waals surface area contributed by atoms with Crippen molar-refractivity contribution in [1.82, 2.24) is 15.3 Å².